The van der Waals surface area contributed by atoms with Crippen LogP contribution in [0.2, 0.25) is 0 Å². The molecule has 0 unspecified atom stereocenters. The summed E-state index contributed by atoms with van der Waals surface area (Å²) in [5.74, 6) is 0. The smallest absolute Gasteiger partial charge is 0.124 e. The quantitative estimate of drug-likeness (QED) is 0.811. The molecule has 5 heteroatoms. The van der Waals surface area contributed by atoms with Gasteiger partial charge in [-0.05, 0) is 37.9 Å². The van der Waals surface area contributed by atoms with Gasteiger partial charge in [-0.1, -0.05) is 0 Å². The van der Waals surface area contributed by atoms with E-state index >= 15 is 0 Å². The maximum absolute atomic E-state index is 7.86. The average molecular weight is 308 g/mol. The molecule has 0 spiro atoms. The summed E-state index contributed by atoms with van der Waals surface area (Å²) in [7, 11) is 0. The molecule has 13 heavy (non-hydrogen) atoms. The molecule has 0 aromatic carbocycles. The zero-order valence-electron chi connectivity index (χ0n) is 11.1. The van der Waals surface area contributed by atoms with E-state index in [4.69, 9.17) is 6.85 Å². The largest absolute Gasteiger partial charge is 0.304 e. The number of imidazole rings is 1. The van der Waals surface area contributed by atoms with Crippen LogP contribution in [0.3, 0.4) is 0 Å². The highest BCUT2D eigenvalue weighted by molar-refractivity contribution is 9.10. The topological polar surface area (TPSA) is 30.7 Å². The van der Waals surface area contributed by atoms with Crippen molar-refractivity contribution >= 4 is 31.9 Å². The van der Waals surface area contributed by atoms with Crippen LogP contribution in [-0.2, 0) is 0 Å². The van der Waals surface area contributed by atoms with Crippen LogP contribution in [0, 0.1) is 0 Å². The Morgan fingerprint density at radius 3 is 2.92 bits per heavy atom. The number of aromatic nitrogens is 3. The van der Waals surface area contributed by atoms with E-state index in [1.165, 1.54) is 0 Å². The van der Waals surface area contributed by atoms with Gasteiger partial charge in [0.05, 0.1) is 17.3 Å². The van der Waals surface area contributed by atoms with E-state index in [0.29, 0.717) is 0 Å². The summed E-state index contributed by atoms with van der Waals surface area (Å²) in [4.78, 5) is 7.36. The molecule has 0 saturated heterocycles. The lowest BCUT2D eigenvalue weighted by Crippen LogP contribution is -1.90. The first-order chi connectivity index (χ1) is 8.34. The number of pyridine rings is 1. The first kappa shape index (κ1) is 4.70. The van der Waals surface area contributed by atoms with E-state index in [0.717, 1.165) is 4.57 Å². The molecule has 0 atom stereocenters. The molecule has 0 saturated carbocycles. The highest BCUT2D eigenvalue weighted by Gasteiger charge is 1.98. The van der Waals surface area contributed by atoms with Crippen LogP contribution in [0.1, 0.15) is 6.85 Å². The molecule has 0 N–H and O–H groups in total. The van der Waals surface area contributed by atoms with Crippen molar-refractivity contribution in [3.05, 3.63) is 39.9 Å². The third-order valence-electron chi connectivity index (χ3n) is 1.22. The predicted octanol–water partition coefficient (Wildman–Crippen LogP) is 2.79. The Bertz CT molecular complexity index is 642. The molecule has 0 aliphatic rings. The zero-order valence-corrected chi connectivity index (χ0v) is 9.27. The fourth-order valence-electron chi connectivity index (χ4n) is 0.738. The van der Waals surface area contributed by atoms with Gasteiger partial charge in [-0.3, -0.25) is 4.98 Å². The average Bonchev–Trinajstić information content (AvgIpc) is 2.53. The Labute approximate surface area is 99.1 Å². The van der Waals surface area contributed by atoms with Gasteiger partial charge in [0.1, 0.15) is 12.3 Å². The third-order valence-corrected chi connectivity index (χ3v) is 1.95. The number of hydrogen-bond acceptors (Lipinski definition) is 2. The van der Waals surface area contributed by atoms with Crippen molar-refractivity contribution in [3.8, 4) is 5.69 Å². The van der Waals surface area contributed by atoms with Gasteiger partial charge >= 0.3 is 0 Å². The highest BCUT2D eigenvalue weighted by Crippen LogP contribution is 2.15. The Morgan fingerprint density at radius 1 is 1.38 bits per heavy atom. The van der Waals surface area contributed by atoms with E-state index in [2.05, 4.69) is 41.8 Å². The second-order valence-corrected chi connectivity index (χ2v) is 3.62. The van der Waals surface area contributed by atoms with E-state index < -0.39 is 0 Å². The van der Waals surface area contributed by atoms with Crippen molar-refractivity contribution in [2.24, 2.45) is 0 Å². The Morgan fingerprint density at radius 2 is 2.23 bits per heavy atom. The van der Waals surface area contributed by atoms with Gasteiger partial charge < -0.3 is 4.57 Å². The fourth-order valence-corrected chi connectivity index (χ4v) is 1.27. The van der Waals surface area contributed by atoms with Crippen LogP contribution in [0.5, 0.6) is 0 Å². The van der Waals surface area contributed by atoms with Crippen molar-refractivity contribution in [1.29, 1.82) is 0 Å². The van der Waals surface area contributed by atoms with Crippen molar-refractivity contribution in [3.63, 3.8) is 0 Å². The monoisotopic (exact) mass is 306 g/mol. The van der Waals surface area contributed by atoms with E-state index in [9.17, 15) is 0 Å². The minimum absolute atomic E-state index is 0.0499. The maximum atomic E-state index is 7.86. The molecule has 0 aliphatic heterocycles. The molecule has 0 radical (unpaired) electrons. The van der Waals surface area contributed by atoms with Crippen LogP contribution in [0.25, 0.3) is 5.69 Å². The van der Waals surface area contributed by atoms with Crippen LogP contribution in [0.4, 0.5) is 0 Å². The van der Waals surface area contributed by atoms with Gasteiger partial charge in [-0.2, -0.15) is 0 Å². The van der Waals surface area contributed by atoms with Crippen LogP contribution < -0.4 is 0 Å². The standard InChI is InChI=1S/C8H5Br2N3/c9-6-1-7(3-11-2-6)13-4-8(10)12-5-13/h1-5H/i1D,2D,3D,4D,5D. The predicted molar refractivity (Wildman–Crippen MR) is 56.8 cm³/mol. The third kappa shape index (κ3) is 1.97. The molecule has 2 aromatic heterocycles. The summed E-state index contributed by atoms with van der Waals surface area (Å²) < 4.78 is 39.7. The molecular formula is C8H5Br2N3. The summed E-state index contributed by atoms with van der Waals surface area (Å²) in [6.07, 6.45) is -1.00. The lowest BCUT2D eigenvalue weighted by Gasteiger charge is -2.00. The highest BCUT2D eigenvalue weighted by atomic mass is 79.9. The van der Waals surface area contributed by atoms with Gasteiger partial charge in [0.2, 0.25) is 0 Å². The second-order valence-electron chi connectivity index (χ2n) is 2.07. The summed E-state index contributed by atoms with van der Waals surface area (Å²) in [5.41, 5.74) is -0.0499. The summed E-state index contributed by atoms with van der Waals surface area (Å²) in [5, 5.41) is 0. The van der Waals surface area contributed by atoms with Gasteiger partial charge in [0, 0.05) is 16.8 Å². The number of nitrogens with zero attached hydrogens (tertiary/aromatic N) is 3. The number of rotatable bonds is 1. The van der Waals surface area contributed by atoms with Crippen molar-refractivity contribution in [2.45, 2.75) is 0 Å². The molecule has 0 amide bonds. The van der Waals surface area contributed by atoms with Crippen molar-refractivity contribution < 1.29 is 6.85 Å². The lowest BCUT2D eigenvalue weighted by molar-refractivity contribution is 1.04. The molecule has 2 rings (SSSR count). The first-order valence-corrected chi connectivity index (χ1v) is 4.78. The van der Waals surface area contributed by atoms with E-state index in [-0.39, 0.29) is 45.6 Å². The van der Waals surface area contributed by atoms with Gasteiger partial charge in [-0.25, -0.2) is 4.98 Å². The Balaban J connectivity index is 2.83. The second kappa shape index (κ2) is 3.59. The van der Waals surface area contributed by atoms with Gasteiger partial charge in [0.25, 0.3) is 0 Å². The summed E-state index contributed by atoms with van der Waals surface area (Å²) >= 11 is 6.04. The van der Waals surface area contributed by atoms with Crippen LogP contribution >= 0.6 is 31.9 Å². The molecule has 0 bridgehead atoms. The molecular weight excluding hydrogens is 298 g/mol. The van der Waals surface area contributed by atoms with Crippen LogP contribution in [-0.4, -0.2) is 14.5 Å². The lowest BCUT2D eigenvalue weighted by atomic mass is 10.4. The first-order valence-electron chi connectivity index (χ1n) is 5.69. The van der Waals surface area contributed by atoms with Gasteiger partial charge in [0.15, 0.2) is 0 Å². The minimum Gasteiger partial charge on any atom is -0.304 e. The SMILES string of the molecule is [2H]c1nc([2H])c(-n2c([2H])nc(Br)c2[2H])c([2H])c1Br. The van der Waals surface area contributed by atoms with E-state index in [1.54, 1.807) is 0 Å². The normalized spacial score (nSPS) is 15.7. The molecule has 0 fully saturated rings. The maximum Gasteiger partial charge on any atom is 0.124 e. The summed E-state index contributed by atoms with van der Waals surface area (Å²) in [6, 6.07) is -0.174. The molecule has 3 nitrogen and oxygen atoms in total. The molecule has 0 aliphatic carbocycles. The minimum atomic E-state index is -0.347. The van der Waals surface area contributed by atoms with Crippen LogP contribution in [0.15, 0.2) is 39.9 Å². The van der Waals surface area contributed by atoms with Gasteiger partial charge in [-0.15, -0.1) is 0 Å². The molecule has 2 heterocycles. The Hall–Kier alpha value is -0.680. The Kier molecular flexibility index (Phi) is 1.30. The molecule has 66 valence electrons. The van der Waals surface area contributed by atoms with Crippen molar-refractivity contribution in [1.82, 2.24) is 14.5 Å². The number of halogens is 2. The van der Waals surface area contributed by atoms with Crippen molar-refractivity contribution in [2.75, 3.05) is 0 Å². The zero-order chi connectivity index (χ0) is 13.6. The summed E-state index contributed by atoms with van der Waals surface area (Å²) in [6.45, 7) is 0. The fraction of sp³-hybridized carbons (Fsp3) is 0. The van der Waals surface area contributed by atoms with E-state index in [1.807, 2.05) is 0 Å². The molecule has 2 aromatic rings. The number of hydrogen-bond donors (Lipinski definition) is 0.